The molecule has 0 aliphatic heterocycles. The van der Waals surface area contributed by atoms with Gasteiger partial charge in [-0.2, -0.15) is 0 Å². The summed E-state index contributed by atoms with van der Waals surface area (Å²) < 4.78 is 24.0. The zero-order valence-electron chi connectivity index (χ0n) is 8.19. The van der Waals surface area contributed by atoms with Crippen LogP contribution in [0, 0.1) is 0 Å². The molecular formula is C10H13BrO3S. The molecule has 0 bridgehead atoms. The van der Waals surface area contributed by atoms with Crippen LogP contribution in [0.3, 0.4) is 0 Å². The maximum Gasteiger partial charge on any atom is 0.154 e. The lowest BCUT2D eigenvalue weighted by Crippen LogP contribution is -2.10. The first kappa shape index (κ1) is 12.7. The molecule has 0 radical (unpaired) electrons. The highest BCUT2D eigenvalue weighted by molar-refractivity contribution is 9.10. The van der Waals surface area contributed by atoms with E-state index in [4.69, 9.17) is 5.11 Å². The van der Waals surface area contributed by atoms with Gasteiger partial charge in [-0.15, -0.1) is 0 Å². The number of hydrogen-bond donors (Lipinski definition) is 1. The van der Waals surface area contributed by atoms with E-state index in [0.29, 0.717) is 6.42 Å². The van der Waals surface area contributed by atoms with E-state index in [-0.39, 0.29) is 18.1 Å². The highest BCUT2D eigenvalue weighted by Gasteiger charge is 2.10. The minimum Gasteiger partial charge on any atom is -0.396 e. The van der Waals surface area contributed by atoms with Crippen molar-refractivity contribution in [3.05, 3.63) is 34.3 Å². The lowest BCUT2D eigenvalue weighted by molar-refractivity contribution is 0.295. The summed E-state index contributed by atoms with van der Waals surface area (Å²) >= 11 is 3.28. The molecule has 1 aromatic rings. The predicted octanol–water partition coefficient (Wildman–Crippen LogP) is 1.75. The second-order valence-corrected chi connectivity index (χ2v) is 6.40. The van der Waals surface area contributed by atoms with Gasteiger partial charge in [-0.1, -0.05) is 28.1 Å². The van der Waals surface area contributed by atoms with Crippen molar-refractivity contribution in [1.29, 1.82) is 0 Å². The molecule has 0 spiro atoms. The van der Waals surface area contributed by atoms with E-state index in [2.05, 4.69) is 15.9 Å². The van der Waals surface area contributed by atoms with E-state index in [1.54, 1.807) is 12.1 Å². The number of halogens is 1. The average Bonchev–Trinajstić information content (AvgIpc) is 2.18. The summed E-state index contributed by atoms with van der Waals surface area (Å²) in [4.78, 5) is 0. The number of rotatable bonds is 5. The van der Waals surface area contributed by atoms with Crippen LogP contribution in [0.5, 0.6) is 0 Å². The Bertz CT molecular complexity index is 397. The summed E-state index contributed by atoms with van der Waals surface area (Å²) in [5.74, 6) is 0.0832. The highest BCUT2D eigenvalue weighted by atomic mass is 79.9. The topological polar surface area (TPSA) is 54.4 Å². The van der Waals surface area contributed by atoms with Gasteiger partial charge < -0.3 is 5.11 Å². The zero-order chi connectivity index (χ0) is 11.3. The van der Waals surface area contributed by atoms with E-state index in [9.17, 15) is 8.42 Å². The SMILES string of the molecule is O=S(=O)(CCCO)Cc1ccc(Br)cc1. The molecule has 1 rings (SSSR count). The van der Waals surface area contributed by atoms with Crippen LogP contribution in [0.2, 0.25) is 0 Å². The van der Waals surface area contributed by atoms with E-state index < -0.39 is 9.84 Å². The molecule has 0 saturated carbocycles. The van der Waals surface area contributed by atoms with E-state index in [1.165, 1.54) is 0 Å². The van der Waals surface area contributed by atoms with Crippen LogP contribution in [0.25, 0.3) is 0 Å². The first-order valence-electron chi connectivity index (χ1n) is 4.59. The molecule has 1 N–H and O–H groups in total. The molecular weight excluding hydrogens is 280 g/mol. The Morgan fingerprint density at radius 3 is 2.33 bits per heavy atom. The Kier molecular flexibility index (Phi) is 4.76. The Morgan fingerprint density at radius 2 is 1.80 bits per heavy atom. The molecule has 0 aliphatic carbocycles. The maximum absolute atomic E-state index is 11.5. The largest absolute Gasteiger partial charge is 0.396 e. The molecule has 0 heterocycles. The fourth-order valence-corrected chi connectivity index (χ4v) is 2.87. The molecule has 84 valence electrons. The number of hydrogen-bond acceptors (Lipinski definition) is 3. The monoisotopic (exact) mass is 292 g/mol. The van der Waals surface area contributed by atoms with Gasteiger partial charge in [-0.25, -0.2) is 8.42 Å². The van der Waals surface area contributed by atoms with Gasteiger partial charge in [0.05, 0.1) is 11.5 Å². The highest BCUT2D eigenvalue weighted by Crippen LogP contribution is 2.13. The van der Waals surface area contributed by atoms with Gasteiger partial charge >= 0.3 is 0 Å². The third-order valence-electron chi connectivity index (χ3n) is 1.91. The Balaban J connectivity index is 2.65. The molecule has 0 atom stereocenters. The van der Waals surface area contributed by atoms with Crippen LogP contribution < -0.4 is 0 Å². The van der Waals surface area contributed by atoms with Crippen LogP contribution in [0.1, 0.15) is 12.0 Å². The van der Waals surface area contributed by atoms with Crippen molar-refractivity contribution in [3.8, 4) is 0 Å². The lowest BCUT2D eigenvalue weighted by Gasteiger charge is -2.03. The standard InChI is InChI=1S/C10H13BrO3S/c11-10-4-2-9(3-5-10)8-15(13,14)7-1-6-12/h2-5,12H,1,6-8H2. The zero-order valence-corrected chi connectivity index (χ0v) is 10.6. The third kappa shape index (κ3) is 4.77. The van der Waals surface area contributed by atoms with Crippen LogP contribution >= 0.6 is 15.9 Å². The first-order chi connectivity index (χ1) is 7.03. The Hall–Kier alpha value is -0.390. The van der Waals surface area contributed by atoms with Crippen molar-refractivity contribution in [3.63, 3.8) is 0 Å². The summed E-state index contributed by atoms with van der Waals surface area (Å²) in [6.45, 7) is -0.0838. The van der Waals surface area contributed by atoms with E-state index in [0.717, 1.165) is 10.0 Å². The minimum atomic E-state index is -3.08. The van der Waals surface area contributed by atoms with Crippen molar-refractivity contribution in [2.45, 2.75) is 12.2 Å². The molecule has 0 fully saturated rings. The summed E-state index contributed by atoms with van der Waals surface area (Å²) in [5, 5.41) is 8.56. The molecule has 0 unspecified atom stereocenters. The van der Waals surface area contributed by atoms with Crippen molar-refractivity contribution >= 4 is 25.8 Å². The molecule has 3 nitrogen and oxygen atoms in total. The molecule has 1 aromatic carbocycles. The molecule has 0 aromatic heterocycles. The fraction of sp³-hybridized carbons (Fsp3) is 0.400. The predicted molar refractivity (Wildman–Crippen MR) is 63.3 cm³/mol. The average molecular weight is 293 g/mol. The van der Waals surface area contributed by atoms with Crippen LogP contribution in [-0.4, -0.2) is 25.9 Å². The van der Waals surface area contributed by atoms with Crippen molar-refractivity contribution in [2.75, 3.05) is 12.4 Å². The molecule has 0 saturated heterocycles. The molecule has 0 aliphatic rings. The van der Waals surface area contributed by atoms with Crippen molar-refractivity contribution < 1.29 is 13.5 Å². The van der Waals surface area contributed by atoms with Gasteiger partial charge in [0.25, 0.3) is 0 Å². The number of benzene rings is 1. The van der Waals surface area contributed by atoms with Crippen molar-refractivity contribution in [1.82, 2.24) is 0 Å². The van der Waals surface area contributed by atoms with E-state index in [1.807, 2.05) is 12.1 Å². The van der Waals surface area contributed by atoms with Gasteiger partial charge in [-0.3, -0.25) is 0 Å². The number of aliphatic hydroxyl groups excluding tert-OH is 1. The Labute approximate surface area is 98.2 Å². The summed E-state index contributed by atoms with van der Waals surface area (Å²) in [6, 6.07) is 7.19. The smallest absolute Gasteiger partial charge is 0.154 e. The fourth-order valence-electron chi connectivity index (χ4n) is 1.19. The van der Waals surface area contributed by atoms with Gasteiger partial charge in [-0.05, 0) is 24.1 Å². The quantitative estimate of drug-likeness (QED) is 0.900. The lowest BCUT2D eigenvalue weighted by atomic mass is 10.2. The van der Waals surface area contributed by atoms with Crippen molar-refractivity contribution in [2.24, 2.45) is 0 Å². The summed E-state index contributed by atoms with van der Waals surface area (Å²) in [6.07, 6.45) is 0.304. The number of sulfone groups is 1. The Morgan fingerprint density at radius 1 is 1.20 bits per heavy atom. The van der Waals surface area contributed by atoms with Crippen LogP contribution in [0.4, 0.5) is 0 Å². The third-order valence-corrected chi connectivity index (χ3v) is 4.13. The van der Waals surface area contributed by atoms with Crippen LogP contribution in [0.15, 0.2) is 28.7 Å². The van der Waals surface area contributed by atoms with E-state index >= 15 is 0 Å². The summed E-state index contributed by atoms with van der Waals surface area (Å²) in [5.41, 5.74) is 0.774. The first-order valence-corrected chi connectivity index (χ1v) is 7.21. The van der Waals surface area contributed by atoms with Crippen LogP contribution in [-0.2, 0) is 15.6 Å². The van der Waals surface area contributed by atoms with Gasteiger partial charge in [0, 0.05) is 11.1 Å². The number of aliphatic hydroxyl groups is 1. The van der Waals surface area contributed by atoms with Gasteiger partial charge in [0.15, 0.2) is 9.84 Å². The second kappa shape index (κ2) is 5.63. The minimum absolute atomic E-state index is 0.0412. The molecule has 15 heavy (non-hydrogen) atoms. The molecule has 5 heteroatoms. The maximum atomic E-state index is 11.5. The second-order valence-electron chi connectivity index (χ2n) is 3.30. The van der Waals surface area contributed by atoms with Gasteiger partial charge in [0.2, 0.25) is 0 Å². The summed E-state index contributed by atoms with van der Waals surface area (Å²) in [7, 11) is -3.08. The van der Waals surface area contributed by atoms with Gasteiger partial charge in [0.1, 0.15) is 0 Å². The normalized spacial score (nSPS) is 11.6. The molecule has 0 amide bonds.